The first-order chi connectivity index (χ1) is 12.1. The molecule has 2 aromatic rings. The zero-order valence-electron chi connectivity index (χ0n) is 14.3. The Balaban J connectivity index is 1.53. The molecule has 3 rings (SSSR count). The van der Waals surface area contributed by atoms with E-state index in [-0.39, 0.29) is 24.5 Å². The Morgan fingerprint density at radius 1 is 1.20 bits per heavy atom. The summed E-state index contributed by atoms with van der Waals surface area (Å²) in [4.78, 5) is 25.9. The van der Waals surface area contributed by atoms with Crippen molar-refractivity contribution in [3.63, 3.8) is 0 Å². The van der Waals surface area contributed by atoms with Crippen LogP contribution in [0.2, 0.25) is 0 Å². The summed E-state index contributed by atoms with van der Waals surface area (Å²) in [6.07, 6.45) is 0.134. The normalized spacial score (nSPS) is 17.4. The van der Waals surface area contributed by atoms with Gasteiger partial charge in [-0.3, -0.25) is 9.59 Å². The van der Waals surface area contributed by atoms with E-state index in [9.17, 15) is 9.59 Å². The summed E-state index contributed by atoms with van der Waals surface area (Å²) in [6.45, 7) is 2.87. The van der Waals surface area contributed by atoms with Gasteiger partial charge >= 0.3 is 0 Å². The van der Waals surface area contributed by atoms with Crippen molar-refractivity contribution in [1.82, 2.24) is 5.32 Å². The average molecular weight is 338 g/mol. The maximum atomic E-state index is 12.1. The molecule has 25 heavy (non-hydrogen) atoms. The smallest absolute Gasteiger partial charge is 0.253 e. The summed E-state index contributed by atoms with van der Waals surface area (Å²) in [6, 6.07) is 17.4. The Morgan fingerprint density at radius 3 is 2.76 bits per heavy atom. The molecule has 1 heterocycles. The molecule has 0 spiro atoms. The van der Waals surface area contributed by atoms with Crippen LogP contribution in [0.15, 0.2) is 54.6 Å². The first kappa shape index (κ1) is 17.2. The number of carbonyl (C=O) groups is 2. The van der Waals surface area contributed by atoms with Gasteiger partial charge in [0.25, 0.3) is 5.91 Å². The zero-order valence-corrected chi connectivity index (χ0v) is 14.3. The van der Waals surface area contributed by atoms with Gasteiger partial charge in [-0.1, -0.05) is 48.0 Å². The second-order valence-electron chi connectivity index (χ2n) is 6.24. The first-order valence-electron chi connectivity index (χ1n) is 8.41. The van der Waals surface area contributed by atoms with Gasteiger partial charge in [0, 0.05) is 12.2 Å². The van der Waals surface area contributed by atoms with Gasteiger partial charge < -0.3 is 15.0 Å². The lowest BCUT2D eigenvalue weighted by atomic mass is 10.1. The summed E-state index contributed by atoms with van der Waals surface area (Å²) in [7, 11) is 0. The quantitative estimate of drug-likeness (QED) is 0.908. The molecule has 0 aromatic heterocycles. The summed E-state index contributed by atoms with van der Waals surface area (Å²) >= 11 is 0. The molecule has 0 saturated carbocycles. The Bertz CT molecular complexity index is 746. The van der Waals surface area contributed by atoms with Crippen LogP contribution >= 0.6 is 0 Å². The lowest BCUT2D eigenvalue weighted by molar-refractivity contribution is -0.129. The number of amides is 2. The zero-order chi connectivity index (χ0) is 17.6. The van der Waals surface area contributed by atoms with Crippen molar-refractivity contribution < 1.29 is 14.3 Å². The van der Waals surface area contributed by atoms with Gasteiger partial charge in [-0.05, 0) is 24.6 Å². The summed E-state index contributed by atoms with van der Waals surface area (Å²) < 4.78 is 5.56. The SMILES string of the molecule is Cc1cccc(CC(=O)NCC2CN(c3ccccc3)C(=O)CO2)c1. The van der Waals surface area contributed by atoms with Crippen molar-refractivity contribution in [1.29, 1.82) is 0 Å². The van der Waals surface area contributed by atoms with Crippen molar-refractivity contribution in [3.8, 4) is 0 Å². The molecule has 1 aliphatic rings. The van der Waals surface area contributed by atoms with E-state index >= 15 is 0 Å². The Morgan fingerprint density at radius 2 is 2.00 bits per heavy atom. The third-order valence-electron chi connectivity index (χ3n) is 4.17. The highest BCUT2D eigenvalue weighted by Crippen LogP contribution is 2.17. The van der Waals surface area contributed by atoms with Crippen LogP contribution < -0.4 is 10.2 Å². The van der Waals surface area contributed by atoms with Crippen LogP contribution in [0.25, 0.3) is 0 Å². The Hall–Kier alpha value is -2.66. The second kappa shape index (κ2) is 7.94. The number of rotatable bonds is 5. The molecule has 1 atom stereocenters. The molecule has 1 unspecified atom stereocenters. The largest absolute Gasteiger partial charge is 0.365 e. The molecule has 5 nitrogen and oxygen atoms in total. The minimum atomic E-state index is -0.209. The minimum Gasteiger partial charge on any atom is -0.365 e. The third kappa shape index (κ3) is 4.67. The summed E-state index contributed by atoms with van der Waals surface area (Å²) in [5.74, 6) is -0.106. The van der Waals surface area contributed by atoms with Crippen molar-refractivity contribution in [2.45, 2.75) is 19.4 Å². The first-order valence-corrected chi connectivity index (χ1v) is 8.41. The predicted octanol–water partition coefficient (Wildman–Crippen LogP) is 2.09. The predicted molar refractivity (Wildman–Crippen MR) is 96.4 cm³/mol. The van der Waals surface area contributed by atoms with Gasteiger partial charge in [0.1, 0.15) is 6.61 Å². The highest BCUT2D eigenvalue weighted by atomic mass is 16.5. The molecule has 1 saturated heterocycles. The van der Waals surface area contributed by atoms with Crippen LogP contribution in [0.5, 0.6) is 0 Å². The molecule has 130 valence electrons. The molecule has 1 fully saturated rings. The van der Waals surface area contributed by atoms with E-state index in [4.69, 9.17) is 4.74 Å². The van der Waals surface area contributed by atoms with Crippen LogP contribution in [-0.4, -0.2) is 37.6 Å². The van der Waals surface area contributed by atoms with Crippen molar-refractivity contribution >= 4 is 17.5 Å². The fourth-order valence-electron chi connectivity index (χ4n) is 2.90. The number of hydrogen-bond donors (Lipinski definition) is 1. The van der Waals surface area contributed by atoms with Crippen molar-refractivity contribution in [3.05, 3.63) is 65.7 Å². The van der Waals surface area contributed by atoms with E-state index in [0.29, 0.717) is 19.5 Å². The number of nitrogens with one attached hydrogen (secondary N) is 1. The van der Waals surface area contributed by atoms with Crippen LogP contribution in [0.4, 0.5) is 5.69 Å². The molecule has 1 aliphatic heterocycles. The molecule has 2 aromatic carbocycles. The van der Waals surface area contributed by atoms with E-state index in [1.165, 1.54) is 0 Å². The maximum Gasteiger partial charge on any atom is 0.253 e. The number of para-hydroxylation sites is 1. The van der Waals surface area contributed by atoms with Crippen molar-refractivity contribution in [2.24, 2.45) is 0 Å². The topological polar surface area (TPSA) is 58.6 Å². The van der Waals surface area contributed by atoms with Gasteiger partial charge in [0.15, 0.2) is 0 Å². The number of aryl methyl sites for hydroxylation is 1. The fraction of sp³-hybridized carbons (Fsp3) is 0.300. The average Bonchev–Trinajstić information content (AvgIpc) is 2.62. The lowest BCUT2D eigenvalue weighted by Crippen LogP contribution is -2.50. The van der Waals surface area contributed by atoms with Gasteiger partial charge in [0.2, 0.25) is 5.91 Å². The number of carbonyl (C=O) groups excluding carboxylic acids is 2. The summed E-state index contributed by atoms with van der Waals surface area (Å²) in [5, 5.41) is 2.91. The third-order valence-corrected chi connectivity index (χ3v) is 4.17. The van der Waals surface area contributed by atoms with E-state index < -0.39 is 0 Å². The Kier molecular flexibility index (Phi) is 5.46. The minimum absolute atomic E-state index is 0.0350. The monoisotopic (exact) mass is 338 g/mol. The van der Waals surface area contributed by atoms with Gasteiger partial charge in [-0.15, -0.1) is 0 Å². The van der Waals surface area contributed by atoms with Crippen LogP contribution in [0.3, 0.4) is 0 Å². The van der Waals surface area contributed by atoms with Crippen molar-refractivity contribution in [2.75, 3.05) is 24.6 Å². The number of hydrogen-bond acceptors (Lipinski definition) is 3. The molecule has 2 amide bonds. The van der Waals surface area contributed by atoms with E-state index in [1.807, 2.05) is 61.5 Å². The molecule has 0 radical (unpaired) electrons. The number of ether oxygens (including phenoxy) is 1. The van der Waals surface area contributed by atoms with Gasteiger partial charge in [-0.25, -0.2) is 0 Å². The highest BCUT2D eigenvalue weighted by molar-refractivity contribution is 5.95. The fourth-order valence-corrected chi connectivity index (χ4v) is 2.90. The Labute approximate surface area is 147 Å². The standard InChI is InChI=1S/C20H22N2O3/c1-15-6-5-7-16(10-15)11-19(23)21-12-18-13-22(20(24)14-25-18)17-8-3-2-4-9-17/h2-10,18H,11-14H2,1H3,(H,21,23). The van der Waals surface area contributed by atoms with E-state index in [0.717, 1.165) is 16.8 Å². The maximum absolute atomic E-state index is 12.1. The number of anilines is 1. The van der Waals surface area contributed by atoms with Crippen LogP contribution in [0.1, 0.15) is 11.1 Å². The lowest BCUT2D eigenvalue weighted by Gasteiger charge is -2.32. The highest BCUT2D eigenvalue weighted by Gasteiger charge is 2.27. The molecule has 1 N–H and O–H groups in total. The summed E-state index contributed by atoms with van der Waals surface area (Å²) in [5.41, 5.74) is 2.98. The van der Waals surface area contributed by atoms with Gasteiger partial charge in [0.05, 0.1) is 19.1 Å². The number of benzene rings is 2. The van der Waals surface area contributed by atoms with Crippen LogP contribution in [0, 0.1) is 6.92 Å². The molecule has 0 bridgehead atoms. The second-order valence-corrected chi connectivity index (χ2v) is 6.24. The molecular weight excluding hydrogens is 316 g/mol. The number of nitrogens with zero attached hydrogens (tertiary/aromatic N) is 1. The van der Waals surface area contributed by atoms with Gasteiger partial charge in [-0.2, -0.15) is 0 Å². The molecule has 0 aliphatic carbocycles. The van der Waals surface area contributed by atoms with E-state index in [1.54, 1.807) is 4.90 Å². The van der Waals surface area contributed by atoms with Crippen LogP contribution in [-0.2, 0) is 20.7 Å². The number of morpholine rings is 1. The molecule has 5 heteroatoms. The molecular formula is C20H22N2O3. The van der Waals surface area contributed by atoms with E-state index in [2.05, 4.69) is 5.32 Å².